The fourth-order valence-electron chi connectivity index (χ4n) is 16.9. The molecule has 656 valence electrons. The number of aryl methyl sites for hydroxylation is 4. The van der Waals surface area contributed by atoms with Gasteiger partial charge in [-0.1, -0.05) is 371 Å². The molecule has 16 rings (SSSR count). The molecule has 0 spiro atoms. The molecule has 0 radical (unpaired) electrons. The lowest BCUT2D eigenvalue weighted by Gasteiger charge is -2.48. The number of carboxylic acids is 2. The SMILES string of the molecule is C.O=C(C(c1ccccc1)c1ccccc1)N1C[C@@H](OCCCc2ccccc2)[C@H]1CO.O=C(C(c1ccccc1)c1ccccc1)N1C[C@H](OCCCc2ccccc2)[C@@H]1CO.O=C(O)[C@@H]1[C@H](OCCCc2ccccc2)CN1C(=O)C(c1ccccc1)c1ccccc1.O=C(O)[C@H]1[C@@H](OCCCc2ccccc2)CN1C(=O)C(c1ccccc1)c1ccccc1. The van der Waals surface area contributed by atoms with E-state index in [9.17, 15) is 49.2 Å². The quantitative estimate of drug-likeness (QED) is 0.0268. The van der Waals surface area contributed by atoms with Crippen LogP contribution in [0.1, 0.15) is 124 Å². The Hall–Kier alpha value is -12.8. The molecule has 0 saturated carbocycles. The van der Waals surface area contributed by atoms with Gasteiger partial charge in [0.15, 0.2) is 12.1 Å². The highest BCUT2D eigenvalue weighted by molar-refractivity contribution is 5.94. The van der Waals surface area contributed by atoms with Crippen LogP contribution in [-0.2, 0) is 73.4 Å². The van der Waals surface area contributed by atoms with Crippen LogP contribution in [0.5, 0.6) is 0 Å². The summed E-state index contributed by atoms with van der Waals surface area (Å²) in [5.41, 5.74) is 12.3. The maximum Gasteiger partial charge on any atom is 0.329 e. The molecule has 8 atom stereocenters. The zero-order chi connectivity index (χ0) is 87.6. The topological polar surface area (TPSA) is 233 Å². The minimum Gasteiger partial charge on any atom is -0.480 e. The van der Waals surface area contributed by atoms with Crippen molar-refractivity contribution < 1.29 is 68.1 Å². The third-order valence-corrected chi connectivity index (χ3v) is 23.7. The van der Waals surface area contributed by atoms with E-state index in [2.05, 4.69) is 48.5 Å². The van der Waals surface area contributed by atoms with Crippen LogP contribution in [0.4, 0.5) is 0 Å². The average molecular weight is 1710 g/mol. The van der Waals surface area contributed by atoms with E-state index in [4.69, 9.17) is 18.9 Å². The molecule has 4 amide bonds. The number of ether oxygens (including phenoxy) is 4. The van der Waals surface area contributed by atoms with E-state index in [-0.39, 0.29) is 93.5 Å². The smallest absolute Gasteiger partial charge is 0.329 e. The van der Waals surface area contributed by atoms with Crippen molar-refractivity contribution in [2.75, 3.05) is 65.8 Å². The van der Waals surface area contributed by atoms with E-state index in [0.717, 1.165) is 95.9 Å². The lowest BCUT2D eigenvalue weighted by molar-refractivity contribution is -0.177. The summed E-state index contributed by atoms with van der Waals surface area (Å²) in [7, 11) is 0. The highest BCUT2D eigenvalue weighted by Gasteiger charge is 2.52. The molecule has 4 aliphatic heterocycles. The van der Waals surface area contributed by atoms with Crippen LogP contribution in [0, 0.1) is 0 Å². The van der Waals surface area contributed by atoms with Gasteiger partial charge in [-0.2, -0.15) is 0 Å². The number of rotatable bonds is 36. The van der Waals surface area contributed by atoms with Crippen molar-refractivity contribution in [2.24, 2.45) is 0 Å². The fraction of sp³-hybridized carbons (Fsp3) is 0.284. The van der Waals surface area contributed by atoms with Gasteiger partial charge in [-0.25, -0.2) is 9.59 Å². The minimum atomic E-state index is -1.03. The number of aliphatic hydroxyl groups is 2. The third-order valence-electron chi connectivity index (χ3n) is 23.7. The van der Waals surface area contributed by atoms with Crippen molar-refractivity contribution in [1.82, 2.24) is 19.6 Å². The molecule has 4 saturated heterocycles. The second kappa shape index (κ2) is 48.6. The predicted octanol–water partition coefficient (Wildman–Crippen LogP) is 17.0. The van der Waals surface area contributed by atoms with Crippen molar-refractivity contribution in [3.05, 3.63) is 431 Å². The predicted molar refractivity (Wildman–Crippen MR) is 495 cm³/mol. The molecule has 18 heteroatoms. The molecule has 0 bridgehead atoms. The molecule has 12 aromatic carbocycles. The van der Waals surface area contributed by atoms with Gasteiger partial charge in [0.05, 0.1) is 74.3 Å². The summed E-state index contributed by atoms with van der Waals surface area (Å²) in [6.07, 6.45) is 5.92. The Bertz CT molecular complexity index is 4770. The standard InChI is InChI=1S/2C27H27NO4.2C27H29NO3.CH4/c2*29-26(24(21-14-6-2-7-15-21)22-16-8-3-9-17-22)28-19-23(25(28)27(30)31)32-18-10-13-20-11-4-1-5-12-20;2*29-20-24-25(31-18-10-13-21-11-4-1-5-12-21)19-28(24)27(30)26(22-14-6-2-7-15-22)23-16-8-3-9-17-23;/h2*1-9,11-12,14-17,23-25H,10,13,18-19H2,(H,30,31);2*1-9,11-12,14-17,24-26,29H,10,13,18-20H2;1H4/t2*23-,25+;2*24-,25-;/m1010./s1. The van der Waals surface area contributed by atoms with Crippen LogP contribution >= 0.6 is 0 Å². The van der Waals surface area contributed by atoms with Gasteiger partial charge in [0, 0.05) is 39.5 Å². The summed E-state index contributed by atoms with van der Waals surface area (Å²) < 4.78 is 23.8. The maximum absolute atomic E-state index is 13.5. The number of carbonyl (C=O) groups excluding carboxylic acids is 4. The first kappa shape index (κ1) is 93.4. The molecule has 12 aromatic rings. The first-order chi connectivity index (χ1) is 61.8. The minimum absolute atomic E-state index is 0. The number of nitrogens with zero attached hydrogens (tertiary/aromatic N) is 4. The monoisotopic (exact) mass is 1700 g/mol. The number of aliphatic hydroxyl groups excluding tert-OH is 2. The molecule has 4 fully saturated rings. The number of hydrogen-bond acceptors (Lipinski definition) is 12. The zero-order valence-electron chi connectivity index (χ0n) is 71.0. The molecule has 4 aliphatic rings. The van der Waals surface area contributed by atoms with E-state index in [1.165, 1.54) is 32.1 Å². The summed E-state index contributed by atoms with van der Waals surface area (Å²) in [5.74, 6) is -4.29. The normalized spacial score (nSPS) is 17.7. The van der Waals surface area contributed by atoms with Crippen LogP contribution in [0.2, 0.25) is 0 Å². The molecule has 127 heavy (non-hydrogen) atoms. The number of benzene rings is 12. The van der Waals surface area contributed by atoms with Gasteiger partial charge >= 0.3 is 11.9 Å². The highest BCUT2D eigenvalue weighted by Crippen LogP contribution is 2.38. The van der Waals surface area contributed by atoms with Crippen LogP contribution in [0.3, 0.4) is 0 Å². The first-order valence-corrected chi connectivity index (χ1v) is 43.8. The maximum atomic E-state index is 13.5. The van der Waals surface area contributed by atoms with Gasteiger partial charge in [0.25, 0.3) is 0 Å². The molecular weight excluding hydrogens is 1590 g/mol. The number of hydrogen-bond donors (Lipinski definition) is 4. The molecule has 18 nitrogen and oxygen atoms in total. The lowest BCUT2D eigenvalue weighted by Crippen LogP contribution is -2.67. The lowest BCUT2D eigenvalue weighted by atomic mass is 9.87. The van der Waals surface area contributed by atoms with E-state index in [0.29, 0.717) is 39.5 Å². The van der Waals surface area contributed by atoms with E-state index in [1.807, 2.05) is 315 Å². The second-order valence-electron chi connectivity index (χ2n) is 32.0. The molecule has 0 aromatic heterocycles. The van der Waals surface area contributed by atoms with Crippen LogP contribution in [0.15, 0.2) is 364 Å². The Balaban J connectivity index is 0.000000153. The molecule has 0 aliphatic carbocycles. The van der Waals surface area contributed by atoms with Crippen LogP contribution < -0.4 is 0 Å². The summed E-state index contributed by atoms with van der Waals surface area (Å²) >= 11 is 0. The van der Waals surface area contributed by atoms with Crippen molar-refractivity contribution in [3.63, 3.8) is 0 Å². The van der Waals surface area contributed by atoms with Crippen molar-refractivity contribution in [3.8, 4) is 0 Å². The molecular formula is C109H116N4O14. The van der Waals surface area contributed by atoms with E-state index in [1.54, 1.807) is 9.80 Å². The Morgan fingerprint density at radius 1 is 0.252 bits per heavy atom. The fourth-order valence-corrected chi connectivity index (χ4v) is 16.9. The largest absolute Gasteiger partial charge is 0.480 e. The van der Waals surface area contributed by atoms with Gasteiger partial charge in [-0.05, 0) is 118 Å². The first-order valence-electron chi connectivity index (χ1n) is 43.8. The summed E-state index contributed by atoms with van der Waals surface area (Å²) in [4.78, 5) is 84.4. The second-order valence-corrected chi connectivity index (χ2v) is 32.0. The van der Waals surface area contributed by atoms with E-state index >= 15 is 0 Å². The van der Waals surface area contributed by atoms with E-state index < -0.39 is 48.1 Å². The van der Waals surface area contributed by atoms with Crippen molar-refractivity contribution >= 4 is 35.6 Å². The Morgan fingerprint density at radius 3 is 0.598 bits per heavy atom. The van der Waals surface area contributed by atoms with Gasteiger partial charge in [0.1, 0.15) is 12.2 Å². The Labute approximate surface area is 746 Å². The number of carbonyl (C=O) groups is 6. The zero-order valence-corrected chi connectivity index (χ0v) is 71.0. The van der Waals surface area contributed by atoms with Gasteiger partial charge in [-0.15, -0.1) is 0 Å². The Kier molecular flexibility index (Phi) is 35.8. The average Bonchev–Trinajstić information content (AvgIpc) is 0.809. The number of amides is 4. The van der Waals surface area contributed by atoms with Gasteiger partial charge < -0.3 is 59.0 Å². The molecule has 4 N–H and O–H groups in total. The number of carboxylic acid groups (broad SMARTS) is 2. The third kappa shape index (κ3) is 25.3. The van der Waals surface area contributed by atoms with Crippen molar-refractivity contribution in [2.45, 2.75) is 131 Å². The Morgan fingerprint density at radius 2 is 0.417 bits per heavy atom. The summed E-state index contributed by atoms with van der Waals surface area (Å²) in [6, 6.07) is 116. The van der Waals surface area contributed by atoms with Crippen LogP contribution in [-0.4, -0.2) is 190 Å². The molecule has 0 unspecified atom stereocenters. The summed E-state index contributed by atoms with van der Waals surface area (Å²) in [6.45, 7) is 3.61. The van der Waals surface area contributed by atoms with Crippen LogP contribution in [0.25, 0.3) is 0 Å². The van der Waals surface area contributed by atoms with Gasteiger partial charge in [-0.3, -0.25) is 19.2 Å². The summed E-state index contributed by atoms with van der Waals surface area (Å²) in [5, 5.41) is 39.5. The molecule has 4 heterocycles. The number of likely N-dealkylation sites (tertiary alicyclic amines) is 4. The number of aliphatic carboxylic acids is 2. The van der Waals surface area contributed by atoms with Crippen molar-refractivity contribution in [1.29, 1.82) is 0 Å². The van der Waals surface area contributed by atoms with Gasteiger partial charge in [0.2, 0.25) is 23.6 Å². The highest BCUT2D eigenvalue weighted by atomic mass is 16.5.